The highest BCUT2D eigenvalue weighted by molar-refractivity contribution is 7.99. The van der Waals surface area contributed by atoms with Crippen molar-refractivity contribution in [1.29, 1.82) is 0 Å². The van der Waals surface area contributed by atoms with E-state index in [9.17, 15) is 9.59 Å². The van der Waals surface area contributed by atoms with E-state index in [1.807, 2.05) is 0 Å². The highest BCUT2D eigenvalue weighted by Crippen LogP contribution is 2.27. The van der Waals surface area contributed by atoms with Crippen LogP contribution in [0.15, 0.2) is 27.2 Å². The van der Waals surface area contributed by atoms with Crippen molar-refractivity contribution in [2.24, 2.45) is 0 Å². The van der Waals surface area contributed by atoms with Crippen LogP contribution in [0.3, 0.4) is 0 Å². The van der Waals surface area contributed by atoms with Crippen LogP contribution >= 0.6 is 11.8 Å². The van der Waals surface area contributed by atoms with Crippen molar-refractivity contribution in [1.82, 2.24) is 19.7 Å². The standard InChI is InChI=1S/C10H11N5O3S/c1-2-15-9(18)13-14-10(15)19-7-6(8(16)17)3-5(11)4-12-7/h3-4H,2,11H2,1H3,(H,13,18)(H,16,17). The predicted octanol–water partition coefficient (Wildman–Crippen LogP) is 0.418. The second kappa shape index (κ2) is 5.14. The van der Waals surface area contributed by atoms with E-state index in [0.29, 0.717) is 11.7 Å². The van der Waals surface area contributed by atoms with E-state index in [1.165, 1.54) is 16.8 Å². The molecular weight excluding hydrogens is 270 g/mol. The highest BCUT2D eigenvalue weighted by atomic mass is 32.2. The minimum absolute atomic E-state index is 0.0249. The zero-order valence-electron chi connectivity index (χ0n) is 9.95. The van der Waals surface area contributed by atoms with Crippen molar-refractivity contribution >= 4 is 23.4 Å². The topological polar surface area (TPSA) is 127 Å². The van der Waals surface area contributed by atoms with Gasteiger partial charge in [0.25, 0.3) is 0 Å². The van der Waals surface area contributed by atoms with Crippen LogP contribution < -0.4 is 11.4 Å². The summed E-state index contributed by atoms with van der Waals surface area (Å²) in [7, 11) is 0. The number of aromatic nitrogens is 4. The van der Waals surface area contributed by atoms with Gasteiger partial charge in [0.2, 0.25) is 0 Å². The molecule has 0 atom stereocenters. The Bertz CT molecular complexity index is 678. The number of anilines is 1. The SMILES string of the molecule is CCn1c(Sc2ncc(N)cc2C(=O)O)n[nH]c1=O. The number of H-pyrrole nitrogens is 1. The number of carboxylic acid groups (broad SMARTS) is 1. The first kappa shape index (κ1) is 13.1. The Kier molecular flexibility index (Phi) is 3.56. The van der Waals surface area contributed by atoms with E-state index in [2.05, 4.69) is 15.2 Å². The van der Waals surface area contributed by atoms with Gasteiger partial charge in [-0.15, -0.1) is 5.10 Å². The molecule has 0 aromatic carbocycles. The van der Waals surface area contributed by atoms with Gasteiger partial charge in [-0.2, -0.15) is 0 Å². The normalized spacial score (nSPS) is 10.6. The molecule has 0 saturated carbocycles. The fraction of sp³-hybridized carbons (Fsp3) is 0.200. The van der Waals surface area contributed by atoms with E-state index in [4.69, 9.17) is 10.8 Å². The summed E-state index contributed by atoms with van der Waals surface area (Å²) in [5.74, 6) is -1.14. The summed E-state index contributed by atoms with van der Waals surface area (Å²) in [6.45, 7) is 2.21. The third kappa shape index (κ3) is 2.60. The molecule has 0 amide bonds. The lowest BCUT2D eigenvalue weighted by molar-refractivity contribution is 0.0692. The first-order valence-electron chi connectivity index (χ1n) is 5.34. The maximum atomic E-state index is 11.4. The zero-order chi connectivity index (χ0) is 14.0. The van der Waals surface area contributed by atoms with Crippen LogP contribution in [-0.2, 0) is 6.54 Å². The number of nitrogens with one attached hydrogen (secondary N) is 1. The third-order valence-corrected chi connectivity index (χ3v) is 3.34. The largest absolute Gasteiger partial charge is 0.478 e. The molecule has 0 radical (unpaired) electrons. The number of hydrogen-bond acceptors (Lipinski definition) is 6. The molecule has 2 aromatic heterocycles. The number of nitrogen functional groups attached to an aromatic ring is 1. The van der Waals surface area contributed by atoms with Crippen molar-refractivity contribution in [3.8, 4) is 0 Å². The molecule has 0 bridgehead atoms. The lowest BCUT2D eigenvalue weighted by Gasteiger charge is -2.05. The summed E-state index contributed by atoms with van der Waals surface area (Å²) in [6.07, 6.45) is 1.36. The molecule has 0 aliphatic heterocycles. The quantitative estimate of drug-likeness (QED) is 0.741. The Morgan fingerprint density at radius 1 is 1.63 bits per heavy atom. The number of aromatic carboxylic acids is 1. The molecular formula is C10H11N5O3S. The van der Waals surface area contributed by atoms with Crippen molar-refractivity contribution in [2.75, 3.05) is 5.73 Å². The minimum Gasteiger partial charge on any atom is -0.478 e. The number of pyridine rings is 1. The summed E-state index contributed by atoms with van der Waals surface area (Å²) in [4.78, 5) is 26.5. The fourth-order valence-electron chi connectivity index (χ4n) is 1.45. The van der Waals surface area contributed by atoms with Crippen molar-refractivity contribution < 1.29 is 9.90 Å². The van der Waals surface area contributed by atoms with Crippen LogP contribution in [0.1, 0.15) is 17.3 Å². The minimum atomic E-state index is -1.14. The molecule has 19 heavy (non-hydrogen) atoms. The van der Waals surface area contributed by atoms with Crippen LogP contribution in [-0.4, -0.2) is 30.8 Å². The molecule has 0 saturated heterocycles. The molecule has 9 heteroatoms. The van der Waals surface area contributed by atoms with Gasteiger partial charge in [0.1, 0.15) is 5.03 Å². The van der Waals surface area contributed by atoms with Crippen molar-refractivity contribution in [3.05, 3.63) is 28.3 Å². The number of rotatable bonds is 4. The highest BCUT2D eigenvalue weighted by Gasteiger charge is 2.16. The van der Waals surface area contributed by atoms with Gasteiger partial charge in [-0.25, -0.2) is 19.7 Å². The van der Waals surface area contributed by atoms with Crippen LogP contribution in [0.2, 0.25) is 0 Å². The predicted molar refractivity (Wildman–Crippen MR) is 68.3 cm³/mol. The molecule has 0 aliphatic rings. The third-order valence-electron chi connectivity index (χ3n) is 2.33. The fourth-order valence-corrected chi connectivity index (χ4v) is 2.40. The number of nitrogens with two attached hydrogens (primary N) is 1. The summed E-state index contributed by atoms with van der Waals surface area (Å²) in [5, 5.41) is 15.8. The Balaban J connectivity index is 2.43. The number of nitrogens with zero attached hydrogens (tertiary/aromatic N) is 3. The first-order valence-corrected chi connectivity index (χ1v) is 6.16. The van der Waals surface area contributed by atoms with Gasteiger partial charge in [-0.3, -0.25) is 4.57 Å². The molecule has 100 valence electrons. The average molecular weight is 281 g/mol. The molecule has 0 spiro atoms. The van der Waals surface area contributed by atoms with Gasteiger partial charge in [0.05, 0.1) is 17.4 Å². The van der Waals surface area contributed by atoms with Gasteiger partial charge in [-0.05, 0) is 24.8 Å². The van der Waals surface area contributed by atoms with Gasteiger partial charge >= 0.3 is 11.7 Å². The number of carboxylic acids is 1. The zero-order valence-corrected chi connectivity index (χ0v) is 10.8. The van der Waals surface area contributed by atoms with Crippen LogP contribution in [0.25, 0.3) is 0 Å². The smallest absolute Gasteiger partial charge is 0.343 e. The van der Waals surface area contributed by atoms with Crippen LogP contribution in [0, 0.1) is 0 Å². The Hall–Kier alpha value is -2.29. The van der Waals surface area contributed by atoms with E-state index >= 15 is 0 Å². The second-order valence-electron chi connectivity index (χ2n) is 3.58. The summed E-state index contributed by atoms with van der Waals surface area (Å²) in [5.41, 5.74) is 5.39. The summed E-state index contributed by atoms with van der Waals surface area (Å²) < 4.78 is 1.38. The van der Waals surface area contributed by atoms with E-state index in [-0.39, 0.29) is 22.0 Å². The van der Waals surface area contributed by atoms with E-state index in [0.717, 1.165) is 11.8 Å². The first-order chi connectivity index (χ1) is 9.02. The van der Waals surface area contributed by atoms with E-state index < -0.39 is 5.97 Å². The van der Waals surface area contributed by atoms with E-state index in [1.54, 1.807) is 6.92 Å². The maximum Gasteiger partial charge on any atom is 0.343 e. The molecule has 2 rings (SSSR count). The Morgan fingerprint density at radius 3 is 3.00 bits per heavy atom. The van der Waals surface area contributed by atoms with Crippen LogP contribution in [0.5, 0.6) is 0 Å². The Morgan fingerprint density at radius 2 is 2.37 bits per heavy atom. The van der Waals surface area contributed by atoms with Gasteiger partial charge < -0.3 is 10.8 Å². The second-order valence-corrected chi connectivity index (χ2v) is 4.54. The molecule has 0 fully saturated rings. The molecule has 0 unspecified atom stereocenters. The maximum absolute atomic E-state index is 11.4. The molecule has 8 nitrogen and oxygen atoms in total. The lowest BCUT2D eigenvalue weighted by Crippen LogP contribution is -2.16. The van der Waals surface area contributed by atoms with Crippen molar-refractivity contribution in [3.63, 3.8) is 0 Å². The monoisotopic (exact) mass is 281 g/mol. The average Bonchev–Trinajstić information content (AvgIpc) is 2.71. The molecule has 2 heterocycles. The van der Waals surface area contributed by atoms with Crippen molar-refractivity contribution in [2.45, 2.75) is 23.7 Å². The summed E-state index contributed by atoms with van der Waals surface area (Å²) >= 11 is 0.996. The van der Waals surface area contributed by atoms with Gasteiger partial charge in [-0.1, -0.05) is 0 Å². The van der Waals surface area contributed by atoms with Gasteiger partial charge in [0, 0.05) is 6.54 Å². The van der Waals surface area contributed by atoms with Gasteiger partial charge in [0.15, 0.2) is 5.16 Å². The summed E-state index contributed by atoms with van der Waals surface area (Å²) in [6, 6.07) is 1.32. The molecule has 2 aromatic rings. The number of aromatic amines is 1. The number of carbonyl (C=O) groups is 1. The van der Waals surface area contributed by atoms with Crippen LogP contribution in [0.4, 0.5) is 5.69 Å². The molecule has 4 N–H and O–H groups in total. The number of hydrogen-bond donors (Lipinski definition) is 3. The molecule has 0 aliphatic carbocycles. The Labute approximate surface area is 111 Å². The lowest BCUT2D eigenvalue weighted by atomic mass is 10.3.